The van der Waals surface area contributed by atoms with Crippen LogP contribution in [-0.4, -0.2) is 59.5 Å². The van der Waals surface area contributed by atoms with Crippen LogP contribution in [0.25, 0.3) is 0 Å². The Balaban J connectivity index is 2.08. The largest absolute Gasteiger partial charge is 0.367 e. The third-order valence-electron chi connectivity index (χ3n) is 5.23. The summed E-state index contributed by atoms with van der Waals surface area (Å²) >= 11 is 0. The molecule has 0 aromatic heterocycles. The minimum absolute atomic E-state index is 0.176. The minimum atomic E-state index is -3.83. The van der Waals surface area contributed by atoms with Gasteiger partial charge in [0.05, 0.1) is 16.3 Å². The Morgan fingerprint density at radius 2 is 1.63 bits per heavy atom. The monoisotopic (exact) mass is 430 g/mol. The highest BCUT2D eigenvalue weighted by Gasteiger charge is 2.24. The van der Waals surface area contributed by atoms with Crippen molar-refractivity contribution in [2.45, 2.75) is 25.7 Å². The van der Waals surface area contributed by atoms with Crippen LogP contribution in [0.15, 0.2) is 35.2 Å². The fourth-order valence-corrected chi connectivity index (χ4v) is 5.50. The number of benzene rings is 2. The SMILES string of the molecule is Cc1cc(C)c(S(=O)(=O)Nc2cc(C(=O)N(C)C)ccc2N2CCNCC2)c(C)c1. The van der Waals surface area contributed by atoms with Gasteiger partial charge in [0, 0.05) is 45.8 Å². The van der Waals surface area contributed by atoms with E-state index in [9.17, 15) is 13.2 Å². The molecule has 0 spiro atoms. The van der Waals surface area contributed by atoms with Crippen molar-refractivity contribution < 1.29 is 13.2 Å². The molecule has 2 aromatic rings. The summed E-state index contributed by atoms with van der Waals surface area (Å²) in [5, 5.41) is 3.30. The second-order valence-corrected chi connectivity index (χ2v) is 9.62. The molecule has 2 N–H and O–H groups in total. The quantitative estimate of drug-likeness (QED) is 0.762. The first kappa shape index (κ1) is 22.1. The van der Waals surface area contributed by atoms with Crippen LogP contribution in [0.1, 0.15) is 27.0 Å². The number of hydrogen-bond acceptors (Lipinski definition) is 5. The molecular weight excluding hydrogens is 400 g/mol. The third-order valence-corrected chi connectivity index (χ3v) is 6.90. The van der Waals surface area contributed by atoms with E-state index >= 15 is 0 Å². The first-order chi connectivity index (χ1) is 14.1. The summed E-state index contributed by atoms with van der Waals surface area (Å²) in [5.74, 6) is -0.176. The number of carbonyl (C=O) groups is 1. The Bertz CT molecular complexity index is 1040. The van der Waals surface area contributed by atoms with Gasteiger partial charge in [0.15, 0.2) is 0 Å². The summed E-state index contributed by atoms with van der Waals surface area (Å²) in [7, 11) is -0.480. The number of carbonyl (C=O) groups excluding carboxylic acids is 1. The van der Waals surface area contributed by atoms with E-state index in [1.807, 2.05) is 25.1 Å². The zero-order valence-electron chi connectivity index (χ0n) is 18.2. The van der Waals surface area contributed by atoms with Crippen LogP contribution in [0.3, 0.4) is 0 Å². The van der Waals surface area contributed by atoms with Gasteiger partial charge < -0.3 is 15.1 Å². The number of piperazine rings is 1. The third kappa shape index (κ3) is 4.60. The van der Waals surface area contributed by atoms with Crippen molar-refractivity contribution >= 4 is 27.3 Å². The number of aryl methyl sites for hydroxylation is 3. The van der Waals surface area contributed by atoms with Gasteiger partial charge in [-0.05, 0) is 50.1 Å². The Morgan fingerprint density at radius 3 is 2.20 bits per heavy atom. The van der Waals surface area contributed by atoms with Gasteiger partial charge >= 0.3 is 0 Å². The van der Waals surface area contributed by atoms with Gasteiger partial charge in [-0.1, -0.05) is 17.7 Å². The van der Waals surface area contributed by atoms with Gasteiger partial charge in [-0.3, -0.25) is 9.52 Å². The summed E-state index contributed by atoms with van der Waals surface area (Å²) < 4.78 is 29.5. The van der Waals surface area contributed by atoms with Gasteiger partial charge in [-0.15, -0.1) is 0 Å². The molecule has 30 heavy (non-hydrogen) atoms. The minimum Gasteiger partial charge on any atom is -0.367 e. The summed E-state index contributed by atoms with van der Waals surface area (Å²) in [4.78, 5) is 16.4. The molecule has 1 heterocycles. The number of nitrogens with one attached hydrogen (secondary N) is 2. The van der Waals surface area contributed by atoms with Crippen LogP contribution in [0.4, 0.5) is 11.4 Å². The molecule has 1 amide bonds. The van der Waals surface area contributed by atoms with Crippen LogP contribution >= 0.6 is 0 Å². The number of nitrogens with zero attached hydrogens (tertiary/aromatic N) is 2. The van der Waals surface area contributed by atoms with E-state index in [0.717, 1.165) is 37.4 Å². The molecule has 0 saturated carbocycles. The maximum absolute atomic E-state index is 13.4. The molecule has 1 saturated heterocycles. The molecule has 1 fully saturated rings. The fourth-order valence-electron chi connectivity index (χ4n) is 3.98. The van der Waals surface area contributed by atoms with Crippen molar-refractivity contribution in [2.24, 2.45) is 0 Å². The fraction of sp³-hybridized carbons (Fsp3) is 0.409. The molecule has 0 radical (unpaired) electrons. The second-order valence-electron chi connectivity index (χ2n) is 8.00. The Labute approximate surface area is 179 Å². The molecule has 0 aliphatic carbocycles. The van der Waals surface area contributed by atoms with Crippen molar-refractivity contribution in [3.8, 4) is 0 Å². The van der Waals surface area contributed by atoms with Gasteiger partial charge in [-0.2, -0.15) is 0 Å². The normalized spacial score (nSPS) is 14.5. The first-order valence-electron chi connectivity index (χ1n) is 10.0. The zero-order chi connectivity index (χ0) is 22.1. The van der Waals surface area contributed by atoms with Gasteiger partial charge in [0.2, 0.25) is 0 Å². The molecule has 7 nitrogen and oxygen atoms in total. The van der Waals surface area contributed by atoms with E-state index in [-0.39, 0.29) is 10.8 Å². The van der Waals surface area contributed by atoms with Crippen LogP contribution < -0.4 is 14.9 Å². The molecule has 1 aliphatic rings. The van der Waals surface area contributed by atoms with Gasteiger partial charge in [-0.25, -0.2) is 8.42 Å². The lowest BCUT2D eigenvalue weighted by Gasteiger charge is -2.31. The Hall–Kier alpha value is -2.58. The first-order valence-corrected chi connectivity index (χ1v) is 11.5. The highest BCUT2D eigenvalue weighted by Crippen LogP contribution is 2.32. The van der Waals surface area contributed by atoms with E-state index in [4.69, 9.17) is 0 Å². The molecular formula is C22H30N4O3S. The Morgan fingerprint density at radius 1 is 1.03 bits per heavy atom. The number of amides is 1. The van der Waals surface area contributed by atoms with Crippen molar-refractivity contribution in [2.75, 3.05) is 49.9 Å². The van der Waals surface area contributed by atoms with Crippen LogP contribution in [-0.2, 0) is 10.0 Å². The van der Waals surface area contributed by atoms with Crippen LogP contribution in [0, 0.1) is 20.8 Å². The van der Waals surface area contributed by atoms with Crippen molar-refractivity contribution in [3.05, 3.63) is 52.6 Å². The van der Waals surface area contributed by atoms with E-state index in [1.54, 1.807) is 40.1 Å². The molecule has 2 aromatic carbocycles. The average Bonchev–Trinajstić information content (AvgIpc) is 2.66. The molecule has 0 bridgehead atoms. The van der Waals surface area contributed by atoms with Crippen LogP contribution in [0.5, 0.6) is 0 Å². The summed E-state index contributed by atoms with van der Waals surface area (Å²) in [5.41, 5.74) is 4.05. The average molecular weight is 431 g/mol. The van der Waals surface area contributed by atoms with Crippen molar-refractivity contribution in [3.63, 3.8) is 0 Å². The molecule has 1 aliphatic heterocycles. The van der Waals surface area contributed by atoms with E-state index in [2.05, 4.69) is 14.9 Å². The number of sulfonamides is 1. The van der Waals surface area contributed by atoms with Crippen LogP contribution in [0.2, 0.25) is 0 Å². The topological polar surface area (TPSA) is 81.8 Å². The van der Waals surface area contributed by atoms with E-state index in [1.165, 1.54) is 4.90 Å². The van der Waals surface area contributed by atoms with E-state index < -0.39 is 10.0 Å². The predicted octanol–water partition coefficient (Wildman–Crippen LogP) is 2.52. The van der Waals surface area contributed by atoms with Crippen molar-refractivity contribution in [1.82, 2.24) is 10.2 Å². The highest BCUT2D eigenvalue weighted by atomic mass is 32.2. The maximum atomic E-state index is 13.4. The standard InChI is InChI=1S/C22H30N4O3S/c1-15-12-16(2)21(17(3)13-15)30(28,29)24-19-14-18(22(27)25(4)5)6-7-20(19)26-10-8-23-9-11-26/h6-7,12-14,23-24H,8-11H2,1-5H3. The maximum Gasteiger partial charge on any atom is 0.262 e. The van der Waals surface area contributed by atoms with Gasteiger partial charge in [0.1, 0.15) is 0 Å². The number of anilines is 2. The van der Waals surface area contributed by atoms with E-state index in [0.29, 0.717) is 22.4 Å². The zero-order valence-corrected chi connectivity index (χ0v) is 19.1. The lowest BCUT2D eigenvalue weighted by molar-refractivity contribution is 0.0827. The summed E-state index contributed by atoms with van der Waals surface area (Å²) in [6.07, 6.45) is 0. The number of rotatable bonds is 5. The molecule has 8 heteroatoms. The Kier molecular flexibility index (Phi) is 6.38. The lowest BCUT2D eigenvalue weighted by atomic mass is 10.1. The smallest absolute Gasteiger partial charge is 0.262 e. The predicted molar refractivity (Wildman–Crippen MR) is 121 cm³/mol. The summed E-state index contributed by atoms with van der Waals surface area (Å²) in [6, 6.07) is 8.94. The molecule has 0 atom stereocenters. The van der Waals surface area contributed by atoms with Gasteiger partial charge in [0.25, 0.3) is 15.9 Å². The number of hydrogen-bond donors (Lipinski definition) is 2. The highest BCUT2D eigenvalue weighted by molar-refractivity contribution is 7.92. The molecule has 0 unspecified atom stereocenters. The summed E-state index contributed by atoms with van der Waals surface area (Å²) in [6.45, 7) is 8.72. The second kappa shape index (κ2) is 8.65. The molecule has 162 valence electrons. The molecule has 3 rings (SSSR count). The lowest BCUT2D eigenvalue weighted by Crippen LogP contribution is -2.43. The van der Waals surface area contributed by atoms with Crippen molar-refractivity contribution in [1.29, 1.82) is 0 Å².